The van der Waals surface area contributed by atoms with Gasteiger partial charge in [-0.05, 0) is 43.2 Å². The molecule has 2 rings (SSSR count). The van der Waals surface area contributed by atoms with Crippen LogP contribution in [0.4, 0.5) is 0 Å². The number of piperidine rings is 1. The van der Waals surface area contributed by atoms with Crippen molar-refractivity contribution in [2.75, 3.05) is 13.1 Å². The first-order chi connectivity index (χ1) is 5.29. The molecule has 0 aromatic carbocycles. The lowest BCUT2D eigenvalue weighted by molar-refractivity contribution is 0.190. The Morgan fingerprint density at radius 1 is 0.909 bits per heavy atom. The van der Waals surface area contributed by atoms with Crippen LogP contribution in [0.5, 0.6) is 0 Å². The SMILES string of the molecule is C[C@@H]1CC[C@@H]2[C@H]1CNC[C@H]2C. The Labute approximate surface area is 69.6 Å². The van der Waals surface area contributed by atoms with Gasteiger partial charge >= 0.3 is 0 Å². The van der Waals surface area contributed by atoms with E-state index in [2.05, 4.69) is 19.2 Å². The number of hydrogen-bond acceptors (Lipinski definition) is 1. The van der Waals surface area contributed by atoms with E-state index in [1.54, 1.807) is 0 Å². The number of fused-ring (bicyclic) bond motifs is 1. The molecule has 1 heteroatoms. The minimum atomic E-state index is 0.929. The van der Waals surface area contributed by atoms with Crippen LogP contribution in [0.3, 0.4) is 0 Å². The van der Waals surface area contributed by atoms with Crippen molar-refractivity contribution in [3.05, 3.63) is 0 Å². The molecule has 0 amide bonds. The molecule has 0 aromatic rings. The molecule has 2 aliphatic rings. The van der Waals surface area contributed by atoms with Gasteiger partial charge in [0.05, 0.1) is 0 Å². The van der Waals surface area contributed by atoms with Gasteiger partial charge < -0.3 is 5.32 Å². The number of hydrogen-bond donors (Lipinski definition) is 1. The maximum absolute atomic E-state index is 3.54. The maximum Gasteiger partial charge on any atom is -0.00151 e. The second kappa shape index (κ2) is 2.78. The van der Waals surface area contributed by atoms with E-state index in [0.717, 1.165) is 23.7 Å². The van der Waals surface area contributed by atoms with Crippen LogP contribution >= 0.6 is 0 Å². The summed E-state index contributed by atoms with van der Waals surface area (Å²) in [6.07, 6.45) is 2.97. The van der Waals surface area contributed by atoms with Crippen LogP contribution in [0.25, 0.3) is 0 Å². The van der Waals surface area contributed by atoms with E-state index in [0.29, 0.717) is 0 Å². The van der Waals surface area contributed by atoms with Crippen LogP contribution in [0.15, 0.2) is 0 Å². The summed E-state index contributed by atoms with van der Waals surface area (Å²) in [7, 11) is 0. The highest BCUT2D eigenvalue weighted by Crippen LogP contribution is 2.42. The molecular formula is C10H19N. The maximum atomic E-state index is 3.54. The molecule has 0 radical (unpaired) electrons. The van der Waals surface area contributed by atoms with Crippen LogP contribution in [-0.2, 0) is 0 Å². The predicted octanol–water partition coefficient (Wildman–Crippen LogP) is 1.89. The third-order valence-electron chi connectivity index (χ3n) is 3.81. The smallest absolute Gasteiger partial charge is 0.00151 e. The highest BCUT2D eigenvalue weighted by atomic mass is 14.9. The highest BCUT2D eigenvalue weighted by Gasteiger charge is 2.38. The lowest BCUT2D eigenvalue weighted by Gasteiger charge is -2.33. The largest absolute Gasteiger partial charge is 0.316 e. The summed E-state index contributed by atoms with van der Waals surface area (Å²) in [6, 6.07) is 0. The molecule has 1 N–H and O–H groups in total. The minimum absolute atomic E-state index is 0.929. The molecule has 0 unspecified atom stereocenters. The van der Waals surface area contributed by atoms with Gasteiger partial charge in [0.2, 0.25) is 0 Å². The fraction of sp³-hybridized carbons (Fsp3) is 1.00. The van der Waals surface area contributed by atoms with Crippen molar-refractivity contribution >= 4 is 0 Å². The molecule has 64 valence electrons. The molecule has 4 atom stereocenters. The summed E-state index contributed by atoms with van der Waals surface area (Å²) < 4.78 is 0. The van der Waals surface area contributed by atoms with E-state index in [9.17, 15) is 0 Å². The van der Waals surface area contributed by atoms with E-state index < -0.39 is 0 Å². The van der Waals surface area contributed by atoms with Gasteiger partial charge in [0, 0.05) is 0 Å². The Bertz CT molecular complexity index is 142. The normalized spacial score (nSPS) is 50.7. The molecule has 1 heterocycles. The Balaban J connectivity index is 2.07. The fourth-order valence-corrected chi connectivity index (χ4v) is 2.99. The zero-order valence-corrected chi connectivity index (χ0v) is 7.64. The zero-order valence-electron chi connectivity index (χ0n) is 7.64. The Morgan fingerprint density at radius 2 is 1.73 bits per heavy atom. The van der Waals surface area contributed by atoms with Gasteiger partial charge in [-0.15, -0.1) is 0 Å². The first kappa shape index (κ1) is 7.60. The lowest BCUT2D eigenvalue weighted by atomic mass is 9.79. The fourth-order valence-electron chi connectivity index (χ4n) is 2.99. The topological polar surface area (TPSA) is 12.0 Å². The Kier molecular flexibility index (Phi) is 1.92. The van der Waals surface area contributed by atoms with Crippen LogP contribution in [-0.4, -0.2) is 13.1 Å². The van der Waals surface area contributed by atoms with Gasteiger partial charge in [-0.25, -0.2) is 0 Å². The lowest BCUT2D eigenvalue weighted by Crippen LogP contribution is -2.41. The Morgan fingerprint density at radius 3 is 2.45 bits per heavy atom. The van der Waals surface area contributed by atoms with E-state index >= 15 is 0 Å². The van der Waals surface area contributed by atoms with E-state index in [1.165, 1.54) is 25.9 Å². The standard InChI is InChI=1S/C10H19N/c1-7-3-4-9-8(2)5-11-6-10(7)9/h7-11H,3-6H2,1-2H3/t7-,8-,9+,10+/m1/s1. The van der Waals surface area contributed by atoms with Crippen molar-refractivity contribution in [3.63, 3.8) is 0 Å². The summed E-state index contributed by atoms with van der Waals surface area (Å²) in [5, 5.41) is 3.54. The average molecular weight is 153 g/mol. The summed E-state index contributed by atoms with van der Waals surface area (Å²) in [5.41, 5.74) is 0. The summed E-state index contributed by atoms with van der Waals surface area (Å²) in [5.74, 6) is 3.96. The highest BCUT2D eigenvalue weighted by molar-refractivity contribution is 4.90. The quantitative estimate of drug-likeness (QED) is 0.560. The molecule has 11 heavy (non-hydrogen) atoms. The van der Waals surface area contributed by atoms with Crippen molar-refractivity contribution in [1.82, 2.24) is 5.32 Å². The Hall–Kier alpha value is -0.0400. The molecule has 1 aliphatic carbocycles. The molecule has 0 bridgehead atoms. The predicted molar refractivity (Wildman–Crippen MR) is 47.4 cm³/mol. The first-order valence-corrected chi connectivity index (χ1v) is 4.99. The molecule has 0 aromatic heterocycles. The third kappa shape index (κ3) is 1.20. The van der Waals surface area contributed by atoms with Crippen molar-refractivity contribution in [2.45, 2.75) is 26.7 Å². The van der Waals surface area contributed by atoms with Crippen molar-refractivity contribution in [2.24, 2.45) is 23.7 Å². The number of nitrogens with one attached hydrogen (secondary N) is 1. The summed E-state index contributed by atoms with van der Waals surface area (Å²) in [4.78, 5) is 0. The monoisotopic (exact) mass is 153 g/mol. The third-order valence-corrected chi connectivity index (χ3v) is 3.81. The van der Waals surface area contributed by atoms with E-state index in [1.807, 2.05) is 0 Å². The molecule has 1 nitrogen and oxygen atoms in total. The second-order valence-electron chi connectivity index (χ2n) is 4.52. The molecule has 1 saturated heterocycles. The molecular weight excluding hydrogens is 134 g/mol. The van der Waals surface area contributed by atoms with Crippen LogP contribution < -0.4 is 5.32 Å². The zero-order chi connectivity index (χ0) is 7.84. The van der Waals surface area contributed by atoms with E-state index in [4.69, 9.17) is 0 Å². The molecule has 2 fully saturated rings. The van der Waals surface area contributed by atoms with Gasteiger partial charge in [-0.1, -0.05) is 20.3 Å². The van der Waals surface area contributed by atoms with Gasteiger partial charge in [0.15, 0.2) is 0 Å². The van der Waals surface area contributed by atoms with Gasteiger partial charge in [-0.2, -0.15) is 0 Å². The molecule has 0 spiro atoms. The second-order valence-corrected chi connectivity index (χ2v) is 4.52. The van der Waals surface area contributed by atoms with Gasteiger partial charge in [0.25, 0.3) is 0 Å². The van der Waals surface area contributed by atoms with Crippen molar-refractivity contribution < 1.29 is 0 Å². The van der Waals surface area contributed by atoms with Crippen LogP contribution in [0, 0.1) is 23.7 Å². The molecule has 1 saturated carbocycles. The van der Waals surface area contributed by atoms with Crippen molar-refractivity contribution in [3.8, 4) is 0 Å². The average Bonchev–Trinajstić information content (AvgIpc) is 2.35. The van der Waals surface area contributed by atoms with Crippen LogP contribution in [0.1, 0.15) is 26.7 Å². The van der Waals surface area contributed by atoms with Gasteiger partial charge in [-0.3, -0.25) is 0 Å². The van der Waals surface area contributed by atoms with E-state index in [-0.39, 0.29) is 0 Å². The number of rotatable bonds is 0. The molecule has 1 aliphatic heterocycles. The summed E-state index contributed by atoms with van der Waals surface area (Å²) >= 11 is 0. The minimum Gasteiger partial charge on any atom is -0.316 e. The van der Waals surface area contributed by atoms with Crippen LogP contribution in [0.2, 0.25) is 0 Å². The van der Waals surface area contributed by atoms with Crippen molar-refractivity contribution in [1.29, 1.82) is 0 Å². The first-order valence-electron chi connectivity index (χ1n) is 4.99. The summed E-state index contributed by atoms with van der Waals surface area (Å²) in [6.45, 7) is 7.37. The van der Waals surface area contributed by atoms with Gasteiger partial charge in [0.1, 0.15) is 0 Å².